The van der Waals surface area contributed by atoms with Gasteiger partial charge in [-0.25, -0.2) is 0 Å². The van der Waals surface area contributed by atoms with Crippen LogP contribution in [0.5, 0.6) is 0 Å². The second-order valence-electron chi connectivity index (χ2n) is 5.33. The van der Waals surface area contributed by atoms with Crippen LogP contribution >= 0.6 is 0 Å². The number of hydrogen-bond donors (Lipinski definition) is 1. The predicted molar refractivity (Wildman–Crippen MR) is 55.7 cm³/mol. The number of rotatable bonds is 3. The van der Waals surface area contributed by atoms with Crippen LogP contribution in [-0.4, -0.2) is 18.1 Å². The second-order valence-corrected chi connectivity index (χ2v) is 5.33. The minimum atomic E-state index is -0.348. The van der Waals surface area contributed by atoms with Crippen molar-refractivity contribution in [2.24, 2.45) is 17.1 Å². The highest BCUT2D eigenvalue weighted by Crippen LogP contribution is 2.34. The molecular formula is C11H21NO2. The summed E-state index contributed by atoms with van der Waals surface area (Å²) in [4.78, 5) is 11.4. The van der Waals surface area contributed by atoms with Crippen LogP contribution in [0.3, 0.4) is 0 Å². The smallest absolute Gasteiger partial charge is 0.311 e. The monoisotopic (exact) mass is 199 g/mol. The Morgan fingerprint density at radius 2 is 2.14 bits per heavy atom. The Hall–Kier alpha value is -0.570. The lowest BCUT2D eigenvalue weighted by molar-refractivity contribution is -0.148. The largest absolute Gasteiger partial charge is 0.460 e. The fourth-order valence-electron chi connectivity index (χ4n) is 1.86. The van der Waals surface area contributed by atoms with E-state index in [0.717, 1.165) is 12.8 Å². The zero-order valence-electron chi connectivity index (χ0n) is 9.54. The minimum absolute atomic E-state index is 0.0132. The van der Waals surface area contributed by atoms with E-state index in [1.165, 1.54) is 0 Å². The fraction of sp³-hybridized carbons (Fsp3) is 0.909. The first-order valence-electron chi connectivity index (χ1n) is 5.29. The molecule has 1 aliphatic rings. The lowest BCUT2D eigenvalue weighted by atomic mass is 9.86. The van der Waals surface area contributed by atoms with Crippen LogP contribution in [0.1, 0.15) is 40.5 Å². The predicted octanol–water partition coefficient (Wildman–Crippen LogP) is 1.70. The molecule has 2 N–H and O–H groups in total. The third-order valence-corrected chi connectivity index (χ3v) is 2.74. The van der Waals surface area contributed by atoms with Crippen LogP contribution in [-0.2, 0) is 9.53 Å². The van der Waals surface area contributed by atoms with Gasteiger partial charge < -0.3 is 10.5 Å². The summed E-state index contributed by atoms with van der Waals surface area (Å²) >= 11 is 0. The Labute approximate surface area is 86.0 Å². The number of ether oxygens (including phenoxy) is 1. The van der Waals surface area contributed by atoms with Crippen molar-refractivity contribution in [3.63, 3.8) is 0 Å². The van der Waals surface area contributed by atoms with Gasteiger partial charge in [0.05, 0.1) is 5.41 Å². The van der Waals surface area contributed by atoms with Crippen LogP contribution in [0.4, 0.5) is 0 Å². The number of carbonyl (C=O) groups is 1. The van der Waals surface area contributed by atoms with Gasteiger partial charge in [-0.3, -0.25) is 4.79 Å². The standard InChI is InChI=1S/C11H21NO2/c1-7(2)5-8(12)9-6-11(3,4)10(13)14-9/h7-9H,5-6,12H2,1-4H3. The summed E-state index contributed by atoms with van der Waals surface area (Å²) in [6, 6.07) is -0.0132. The van der Waals surface area contributed by atoms with E-state index in [1.807, 2.05) is 13.8 Å². The van der Waals surface area contributed by atoms with Crippen LogP contribution in [0.15, 0.2) is 0 Å². The average molecular weight is 199 g/mol. The highest BCUT2D eigenvalue weighted by molar-refractivity contribution is 5.78. The van der Waals surface area contributed by atoms with E-state index in [4.69, 9.17) is 10.5 Å². The van der Waals surface area contributed by atoms with Crippen molar-refractivity contribution in [2.45, 2.75) is 52.7 Å². The lowest BCUT2D eigenvalue weighted by Gasteiger charge is -2.20. The van der Waals surface area contributed by atoms with Gasteiger partial charge in [-0.1, -0.05) is 13.8 Å². The zero-order valence-corrected chi connectivity index (χ0v) is 9.54. The summed E-state index contributed by atoms with van der Waals surface area (Å²) < 4.78 is 5.28. The summed E-state index contributed by atoms with van der Waals surface area (Å²) in [7, 11) is 0. The molecule has 0 radical (unpaired) electrons. The normalized spacial score (nSPS) is 27.9. The van der Waals surface area contributed by atoms with Crippen molar-refractivity contribution >= 4 is 5.97 Å². The molecule has 1 saturated heterocycles. The van der Waals surface area contributed by atoms with Crippen molar-refractivity contribution < 1.29 is 9.53 Å². The summed E-state index contributed by atoms with van der Waals surface area (Å²) in [5, 5.41) is 0. The summed E-state index contributed by atoms with van der Waals surface area (Å²) in [6.45, 7) is 8.08. The molecule has 0 aromatic heterocycles. The molecule has 2 atom stereocenters. The molecule has 0 aliphatic carbocycles. The number of carbonyl (C=O) groups excluding carboxylic acids is 1. The van der Waals surface area contributed by atoms with Crippen molar-refractivity contribution in [3.05, 3.63) is 0 Å². The van der Waals surface area contributed by atoms with Crippen LogP contribution in [0, 0.1) is 11.3 Å². The molecule has 0 saturated carbocycles. The zero-order chi connectivity index (χ0) is 10.9. The van der Waals surface area contributed by atoms with Gasteiger partial charge in [0, 0.05) is 12.5 Å². The highest BCUT2D eigenvalue weighted by Gasteiger charge is 2.43. The van der Waals surface area contributed by atoms with Gasteiger partial charge in [0.2, 0.25) is 0 Å². The first kappa shape index (κ1) is 11.5. The van der Waals surface area contributed by atoms with Crippen molar-refractivity contribution in [2.75, 3.05) is 0 Å². The Morgan fingerprint density at radius 1 is 1.57 bits per heavy atom. The van der Waals surface area contributed by atoms with Gasteiger partial charge in [-0.15, -0.1) is 0 Å². The molecule has 1 aliphatic heterocycles. The summed E-state index contributed by atoms with van der Waals surface area (Å²) in [5.74, 6) is 0.439. The van der Waals surface area contributed by atoms with Gasteiger partial charge in [0.1, 0.15) is 6.10 Å². The summed E-state index contributed by atoms with van der Waals surface area (Å²) in [5.41, 5.74) is 5.64. The fourth-order valence-corrected chi connectivity index (χ4v) is 1.86. The number of hydrogen-bond acceptors (Lipinski definition) is 3. The molecule has 2 unspecified atom stereocenters. The molecule has 0 aromatic carbocycles. The first-order valence-corrected chi connectivity index (χ1v) is 5.29. The minimum Gasteiger partial charge on any atom is -0.460 e. The Kier molecular flexibility index (Phi) is 3.20. The molecular weight excluding hydrogens is 178 g/mol. The topological polar surface area (TPSA) is 52.3 Å². The quantitative estimate of drug-likeness (QED) is 0.704. The maximum Gasteiger partial charge on any atom is 0.311 e. The van der Waals surface area contributed by atoms with E-state index in [1.54, 1.807) is 0 Å². The molecule has 3 heteroatoms. The second kappa shape index (κ2) is 3.89. The SMILES string of the molecule is CC(C)CC(N)C1CC(C)(C)C(=O)O1. The molecule has 14 heavy (non-hydrogen) atoms. The highest BCUT2D eigenvalue weighted by atomic mass is 16.6. The lowest BCUT2D eigenvalue weighted by Crippen LogP contribution is -2.35. The van der Waals surface area contributed by atoms with E-state index in [2.05, 4.69) is 13.8 Å². The third kappa shape index (κ3) is 2.47. The van der Waals surface area contributed by atoms with Crippen LogP contribution < -0.4 is 5.73 Å². The van der Waals surface area contributed by atoms with E-state index in [9.17, 15) is 4.79 Å². The van der Waals surface area contributed by atoms with Gasteiger partial charge in [-0.2, -0.15) is 0 Å². The molecule has 0 amide bonds. The third-order valence-electron chi connectivity index (χ3n) is 2.74. The van der Waals surface area contributed by atoms with Gasteiger partial charge >= 0.3 is 5.97 Å². The van der Waals surface area contributed by atoms with Gasteiger partial charge in [-0.05, 0) is 26.2 Å². The number of cyclic esters (lactones) is 1. The Morgan fingerprint density at radius 3 is 2.50 bits per heavy atom. The van der Waals surface area contributed by atoms with Crippen molar-refractivity contribution in [3.8, 4) is 0 Å². The van der Waals surface area contributed by atoms with Gasteiger partial charge in [0.15, 0.2) is 0 Å². The van der Waals surface area contributed by atoms with Crippen LogP contribution in [0.25, 0.3) is 0 Å². The molecule has 82 valence electrons. The molecule has 0 spiro atoms. The molecule has 0 bridgehead atoms. The number of esters is 1. The van der Waals surface area contributed by atoms with Crippen molar-refractivity contribution in [1.82, 2.24) is 0 Å². The molecule has 1 fully saturated rings. The Balaban J connectivity index is 2.53. The summed E-state index contributed by atoms with van der Waals surface area (Å²) in [6.07, 6.45) is 1.58. The first-order chi connectivity index (χ1) is 6.33. The number of nitrogens with two attached hydrogens (primary N) is 1. The van der Waals surface area contributed by atoms with Crippen molar-refractivity contribution in [1.29, 1.82) is 0 Å². The maximum absolute atomic E-state index is 11.4. The molecule has 1 heterocycles. The van der Waals surface area contributed by atoms with E-state index in [0.29, 0.717) is 5.92 Å². The van der Waals surface area contributed by atoms with E-state index in [-0.39, 0.29) is 23.5 Å². The maximum atomic E-state index is 11.4. The van der Waals surface area contributed by atoms with Crippen LogP contribution in [0.2, 0.25) is 0 Å². The van der Waals surface area contributed by atoms with E-state index >= 15 is 0 Å². The average Bonchev–Trinajstić information content (AvgIpc) is 2.25. The molecule has 3 nitrogen and oxygen atoms in total. The molecule has 1 rings (SSSR count). The Bertz CT molecular complexity index is 223. The molecule has 0 aromatic rings. The van der Waals surface area contributed by atoms with Gasteiger partial charge in [0.25, 0.3) is 0 Å². The van der Waals surface area contributed by atoms with E-state index < -0.39 is 0 Å².